The van der Waals surface area contributed by atoms with E-state index in [0.29, 0.717) is 42.2 Å². The molecule has 1 aliphatic heterocycles. The van der Waals surface area contributed by atoms with Crippen LogP contribution in [0.15, 0.2) is 30.7 Å². The van der Waals surface area contributed by atoms with Gasteiger partial charge in [0.2, 0.25) is 10.0 Å². The second kappa shape index (κ2) is 7.02. The standard InChI is InChI=1S/C16H17F2N7O2S/c17-16(18)11-3-4-14-20-7-13(25(14)23-11)12-6-15(22-9-21-12)24-5-1-2-10(8-24)28(19,26)27/h3-4,6-7,9-10,16H,1-2,5,8H2,(H2,19,26,27). The minimum absolute atomic E-state index is 0.232. The predicted molar refractivity (Wildman–Crippen MR) is 97.3 cm³/mol. The third kappa shape index (κ3) is 3.52. The Morgan fingerprint density at radius 3 is 2.79 bits per heavy atom. The molecule has 1 atom stereocenters. The first kappa shape index (κ1) is 18.6. The number of rotatable bonds is 4. The number of nitrogens with zero attached hydrogens (tertiary/aromatic N) is 6. The van der Waals surface area contributed by atoms with Crippen LogP contribution in [0.4, 0.5) is 14.6 Å². The van der Waals surface area contributed by atoms with Crippen molar-refractivity contribution < 1.29 is 17.2 Å². The maximum absolute atomic E-state index is 13.0. The number of imidazole rings is 1. The molecule has 0 radical (unpaired) electrons. The fraction of sp³-hybridized carbons (Fsp3) is 0.375. The van der Waals surface area contributed by atoms with Crippen LogP contribution in [0.1, 0.15) is 25.0 Å². The fourth-order valence-electron chi connectivity index (χ4n) is 3.25. The number of hydrogen-bond acceptors (Lipinski definition) is 7. The van der Waals surface area contributed by atoms with Gasteiger partial charge in [-0.15, -0.1) is 0 Å². The SMILES string of the molecule is NS(=O)(=O)C1CCCN(c2cc(-c3cnc4ccc(C(F)F)nn34)ncn2)C1. The van der Waals surface area contributed by atoms with Gasteiger partial charge >= 0.3 is 0 Å². The summed E-state index contributed by atoms with van der Waals surface area (Å²) in [4.78, 5) is 14.4. The van der Waals surface area contributed by atoms with E-state index in [9.17, 15) is 17.2 Å². The molecular formula is C16H17F2N7O2S. The fourth-order valence-corrected chi connectivity index (χ4v) is 4.14. The van der Waals surface area contributed by atoms with Crippen molar-refractivity contribution in [3.63, 3.8) is 0 Å². The van der Waals surface area contributed by atoms with Crippen molar-refractivity contribution in [2.45, 2.75) is 24.5 Å². The van der Waals surface area contributed by atoms with E-state index in [0.717, 1.165) is 0 Å². The topological polar surface area (TPSA) is 119 Å². The summed E-state index contributed by atoms with van der Waals surface area (Å²) in [5.74, 6) is 0.526. The van der Waals surface area contributed by atoms with Crippen molar-refractivity contribution in [2.75, 3.05) is 18.0 Å². The number of sulfonamides is 1. The Balaban J connectivity index is 1.70. The van der Waals surface area contributed by atoms with Gasteiger partial charge in [0.25, 0.3) is 6.43 Å². The van der Waals surface area contributed by atoms with Gasteiger partial charge in [0, 0.05) is 19.2 Å². The highest BCUT2D eigenvalue weighted by molar-refractivity contribution is 7.89. The maximum atomic E-state index is 13.0. The number of fused-ring (bicyclic) bond motifs is 1. The van der Waals surface area contributed by atoms with Crippen molar-refractivity contribution in [3.05, 3.63) is 36.4 Å². The molecule has 0 spiro atoms. The number of nitrogens with two attached hydrogens (primary N) is 1. The number of anilines is 1. The van der Waals surface area contributed by atoms with Gasteiger partial charge in [0.1, 0.15) is 23.5 Å². The highest BCUT2D eigenvalue weighted by atomic mass is 32.2. The molecule has 2 N–H and O–H groups in total. The third-order valence-electron chi connectivity index (χ3n) is 4.69. The minimum atomic E-state index is -3.64. The van der Waals surface area contributed by atoms with E-state index in [1.165, 1.54) is 29.2 Å². The van der Waals surface area contributed by atoms with Crippen LogP contribution < -0.4 is 10.0 Å². The molecule has 0 aromatic carbocycles. The molecule has 4 rings (SSSR count). The quantitative estimate of drug-likeness (QED) is 0.691. The van der Waals surface area contributed by atoms with Gasteiger partial charge in [-0.25, -0.2) is 41.8 Å². The van der Waals surface area contributed by atoms with Crippen LogP contribution in [-0.2, 0) is 10.0 Å². The van der Waals surface area contributed by atoms with E-state index in [4.69, 9.17) is 5.14 Å². The lowest BCUT2D eigenvalue weighted by Gasteiger charge is -2.32. The molecule has 9 nitrogen and oxygen atoms in total. The van der Waals surface area contributed by atoms with Gasteiger partial charge in [-0.1, -0.05) is 0 Å². The second-order valence-corrected chi connectivity index (χ2v) is 8.38. The van der Waals surface area contributed by atoms with E-state index >= 15 is 0 Å². The van der Waals surface area contributed by atoms with Crippen molar-refractivity contribution in [1.29, 1.82) is 0 Å². The van der Waals surface area contributed by atoms with E-state index in [1.54, 1.807) is 6.07 Å². The Bertz CT molecular complexity index is 1120. The molecule has 0 saturated carbocycles. The monoisotopic (exact) mass is 409 g/mol. The second-order valence-electron chi connectivity index (χ2n) is 6.53. The summed E-state index contributed by atoms with van der Waals surface area (Å²) >= 11 is 0. The van der Waals surface area contributed by atoms with Gasteiger partial charge < -0.3 is 4.90 Å². The number of halogens is 2. The average Bonchev–Trinajstić information content (AvgIpc) is 3.11. The van der Waals surface area contributed by atoms with Crippen LogP contribution in [0, 0.1) is 0 Å². The van der Waals surface area contributed by atoms with E-state index in [2.05, 4.69) is 20.1 Å². The van der Waals surface area contributed by atoms with Crippen molar-refractivity contribution in [1.82, 2.24) is 24.6 Å². The molecule has 3 aromatic heterocycles. The minimum Gasteiger partial charge on any atom is -0.355 e. The Hall–Kier alpha value is -2.73. The number of alkyl halides is 2. The molecule has 4 heterocycles. The van der Waals surface area contributed by atoms with Crippen LogP contribution in [-0.4, -0.2) is 51.3 Å². The molecule has 1 aliphatic rings. The molecule has 28 heavy (non-hydrogen) atoms. The van der Waals surface area contributed by atoms with Crippen LogP contribution >= 0.6 is 0 Å². The van der Waals surface area contributed by atoms with Crippen molar-refractivity contribution in [3.8, 4) is 11.4 Å². The van der Waals surface area contributed by atoms with Gasteiger partial charge in [-0.05, 0) is 25.0 Å². The molecule has 148 valence electrons. The molecule has 1 saturated heterocycles. The molecule has 1 fully saturated rings. The Labute approximate surface area is 159 Å². The Morgan fingerprint density at radius 1 is 1.21 bits per heavy atom. The molecule has 0 aliphatic carbocycles. The van der Waals surface area contributed by atoms with E-state index in [-0.39, 0.29) is 12.2 Å². The van der Waals surface area contributed by atoms with Crippen LogP contribution in [0.5, 0.6) is 0 Å². The lowest BCUT2D eigenvalue weighted by molar-refractivity contribution is 0.144. The van der Waals surface area contributed by atoms with Crippen molar-refractivity contribution in [2.24, 2.45) is 5.14 Å². The normalized spacial score (nSPS) is 18.1. The van der Waals surface area contributed by atoms with Gasteiger partial charge in [0.15, 0.2) is 5.65 Å². The highest BCUT2D eigenvalue weighted by Crippen LogP contribution is 2.25. The summed E-state index contributed by atoms with van der Waals surface area (Å²) in [6, 6.07) is 4.34. The summed E-state index contributed by atoms with van der Waals surface area (Å²) in [5.41, 5.74) is 0.912. The van der Waals surface area contributed by atoms with Gasteiger partial charge in [-0.3, -0.25) is 0 Å². The lowest BCUT2D eigenvalue weighted by atomic mass is 10.1. The molecular weight excluding hydrogens is 392 g/mol. The highest BCUT2D eigenvalue weighted by Gasteiger charge is 2.29. The summed E-state index contributed by atoms with van der Waals surface area (Å²) in [5, 5.41) is 8.56. The molecule has 0 amide bonds. The summed E-state index contributed by atoms with van der Waals surface area (Å²) in [6.45, 7) is 0.861. The van der Waals surface area contributed by atoms with Crippen LogP contribution in [0.25, 0.3) is 17.0 Å². The average molecular weight is 409 g/mol. The van der Waals surface area contributed by atoms with Crippen molar-refractivity contribution >= 4 is 21.5 Å². The zero-order valence-electron chi connectivity index (χ0n) is 14.6. The lowest BCUT2D eigenvalue weighted by Crippen LogP contribution is -2.45. The smallest absolute Gasteiger partial charge is 0.282 e. The van der Waals surface area contributed by atoms with E-state index in [1.807, 2.05) is 4.90 Å². The molecule has 1 unspecified atom stereocenters. The van der Waals surface area contributed by atoms with Gasteiger partial charge in [0.05, 0.1) is 17.1 Å². The molecule has 0 bridgehead atoms. The number of hydrogen-bond donors (Lipinski definition) is 1. The first-order valence-electron chi connectivity index (χ1n) is 8.55. The number of aromatic nitrogens is 5. The summed E-state index contributed by atoms with van der Waals surface area (Å²) in [7, 11) is -3.64. The Morgan fingerprint density at radius 2 is 2.04 bits per heavy atom. The Kier molecular flexibility index (Phi) is 4.67. The van der Waals surface area contributed by atoms with Gasteiger partial charge in [-0.2, -0.15) is 5.10 Å². The zero-order valence-corrected chi connectivity index (χ0v) is 15.4. The molecule has 12 heteroatoms. The largest absolute Gasteiger partial charge is 0.355 e. The third-order valence-corrected chi connectivity index (χ3v) is 6.00. The maximum Gasteiger partial charge on any atom is 0.282 e. The number of primary sulfonamides is 1. The zero-order chi connectivity index (χ0) is 19.9. The number of piperidine rings is 1. The van der Waals surface area contributed by atoms with E-state index < -0.39 is 21.7 Å². The molecule has 3 aromatic rings. The first-order chi connectivity index (χ1) is 13.3. The first-order valence-corrected chi connectivity index (χ1v) is 10.2. The van der Waals surface area contributed by atoms with Crippen LogP contribution in [0.3, 0.4) is 0 Å². The van der Waals surface area contributed by atoms with Crippen LogP contribution in [0.2, 0.25) is 0 Å². The summed E-state index contributed by atoms with van der Waals surface area (Å²) in [6.07, 6.45) is 1.29. The summed E-state index contributed by atoms with van der Waals surface area (Å²) < 4.78 is 50.7. The predicted octanol–water partition coefficient (Wildman–Crippen LogP) is 1.38.